The van der Waals surface area contributed by atoms with Crippen LogP contribution in [0.5, 0.6) is 5.75 Å². The molecule has 7 nitrogen and oxygen atoms in total. The second kappa shape index (κ2) is 7.77. The molecule has 0 spiro atoms. The van der Waals surface area contributed by atoms with Crippen LogP contribution in [0.15, 0.2) is 53.7 Å². The van der Waals surface area contributed by atoms with E-state index in [4.69, 9.17) is 10.00 Å². The summed E-state index contributed by atoms with van der Waals surface area (Å²) in [6, 6.07) is 11.2. The van der Waals surface area contributed by atoms with Gasteiger partial charge in [-0.3, -0.25) is 9.78 Å². The van der Waals surface area contributed by atoms with Crippen molar-refractivity contribution >= 4 is 15.9 Å². The van der Waals surface area contributed by atoms with Crippen LogP contribution in [0.1, 0.15) is 19.4 Å². The first kappa shape index (κ1) is 18.4. The van der Waals surface area contributed by atoms with Crippen molar-refractivity contribution in [1.29, 1.82) is 5.26 Å². The standard InChI is InChI=1S/C17H17N3O4S/c1-12(2)16(24-15-8-4-3-6-13(15)10-18)17(21)20-25(22,23)14-7-5-9-19-11-14/h3-9,11-12,16H,1-2H3,(H,20,21)/t16-/m1/s1. The number of nitriles is 1. The van der Waals surface area contributed by atoms with Gasteiger partial charge in [0.1, 0.15) is 16.7 Å². The Balaban J connectivity index is 2.23. The Kier molecular flexibility index (Phi) is 5.72. The van der Waals surface area contributed by atoms with Gasteiger partial charge in [0.2, 0.25) is 0 Å². The molecule has 0 saturated carbocycles. The number of carbonyl (C=O) groups excluding carboxylic acids is 1. The molecule has 25 heavy (non-hydrogen) atoms. The van der Waals surface area contributed by atoms with Gasteiger partial charge in [-0.05, 0) is 30.2 Å². The molecule has 0 aliphatic heterocycles. The monoisotopic (exact) mass is 359 g/mol. The molecule has 1 aromatic carbocycles. The van der Waals surface area contributed by atoms with E-state index >= 15 is 0 Å². The van der Waals surface area contributed by atoms with Gasteiger partial charge in [0.05, 0.1) is 5.56 Å². The van der Waals surface area contributed by atoms with Crippen LogP contribution in [0, 0.1) is 17.2 Å². The Morgan fingerprint density at radius 1 is 1.24 bits per heavy atom. The molecule has 0 unspecified atom stereocenters. The summed E-state index contributed by atoms with van der Waals surface area (Å²) < 4.78 is 32.2. The highest BCUT2D eigenvalue weighted by atomic mass is 32.2. The highest BCUT2D eigenvalue weighted by Gasteiger charge is 2.29. The topological polar surface area (TPSA) is 109 Å². The first-order valence-electron chi connectivity index (χ1n) is 7.47. The van der Waals surface area contributed by atoms with Crippen LogP contribution in [0.25, 0.3) is 0 Å². The predicted octanol–water partition coefficient (Wildman–Crippen LogP) is 1.86. The fourth-order valence-corrected chi connectivity index (χ4v) is 3.00. The van der Waals surface area contributed by atoms with Gasteiger partial charge in [-0.1, -0.05) is 26.0 Å². The van der Waals surface area contributed by atoms with Gasteiger partial charge in [-0.15, -0.1) is 0 Å². The molecule has 8 heteroatoms. The zero-order valence-electron chi connectivity index (χ0n) is 13.7. The number of aromatic nitrogens is 1. The molecule has 0 saturated heterocycles. The summed E-state index contributed by atoms with van der Waals surface area (Å²) in [5.41, 5.74) is 0.260. The van der Waals surface area contributed by atoms with Crippen LogP contribution in [0.4, 0.5) is 0 Å². The molecular formula is C17H17N3O4S. The summed E-state index contributed by atoms with van der Waals surface area (Å²) in [7, 11) is -4.05. The third-order valence-electron chi connectivity index (χ3n) is 3.31. The van der Waals surface area contributed by atoms with Crippen molar-refractivity contribution in [2.45, 2.75) is 24.8 Å². The van der Waals surface area contributed by atoms with Gasteiger partial charge in [0.25, 0.3) is 15.9 Å². The van der Waals surface area contributed by atoms with Crippen molar-refractivity contribution in [2.24, 2.45) is 5.92 Å². The second-order valence-electron chi connectivity index (χ2n) is 5.55. The third kappa shape index (κ3) is 4.55. The van der Waals surface area contributed by atoms with E-state index in [1.807, 2.05) is 10.8 Å². The van der Waals surface area contributed by atoms with Gasteiger partial charge in [0.15, 0.2) is 6.10 Å². The van der Waals surface area contributed by atoms with E-state index in [0.29, 0.717) is 0 Å². The number of hydrogen-bond acceptors (Lipinski definition) is 6. The van der Waals surface area contributed by atoms with Gasteiger partial charge in [0, 0.05) is 12.4 Å². The summed E-state index contributed by atoms with van der Waals surface area (Å²) in [4.78, 5) is 16.1. The summed E-state index contributed by atoms with van der Waals surface area (Å²) >= 11 is 0. The van der Waals surface area contributed by atoms with Crippen LogP contribution in [0.3, 0.4) is 0 Å². The molecule has 2 aromatic rings. The fourth-order valence-electron chi connectivity index (χ4n) is 2.05. The van der Waals surface area contributed by atoms with Crippen molar-refractivity contribution in [3.63, 3.8) is 0 Å². The lowest BCUT2D eigenvalue weighted by atomic mass is 10.1. The summed E-state index contributed by atoms with van der Waals surface area (Å²) in [5, 5.41) is 9.11. The molecule has 0 radical (unpaired) electrons. The average Bonchev–Trinajstić information content (AvgIpc) is 2.60. The van der Waals surface area contributed by atoms with Gasteiger partial charge in [-0.25, -0.2) is 13.1 Å². The molecule has 0 aliphatic carbocycles. The lowest BCUT2D eigenvalue weighted by molar-refractivity contribution is -0.127. The van der Waals surface area contributed by atoms with Crippen LogP contribution < -0.4 is 9.46 Å². The first-order valence-corrected chi connectivity index (χ1v) is 8.96. The van der Waals surface area contributed by atoms with Crippen LogP contribution in [-0.4, -0.2) is 25.4 Å². The van der Waals surface area contributed by atoms with Gasteiger partial charge >= 0.3 is 0 Å². The van der Waals surface area contributed by atoms with E-state index in [2.05, 4.69) is 4.98 Å². The molecule has 0 fully saturated rings. The second-order valence-corrected chi connectivity index (χ2v) is 7.23. The fraction of sp³-hybridized carbons (Fsp3) is 0.235. The number of sulfonamides is 1. The van der Waals surface area contributed by atoms with Crippen LogP contribution in [0.2, 0.25) is 0 Å². The summed E-state index contributed by atoms with van der Waals surface area (Å²) in [6.45, 7) is 3.44. The largest absolute Gasteiger partial charge is 0.479 e. The van der Waals surface area contributed by atoms with E-state index in [1.165, 1.54) is 18.3 Å². The van der Waals surface area contributed by atoms with Gasteiger partial charge < -0.3 is 4.74 Å². The van der Waals surface area contributed by atoms with E-state index in [1.54, 1.807) is 38.1 Å². The molecule has 0 aliphatic rings. The molecule has 1 aromatic heterocycles. The van der Waals surface area contributed by atoms with E-state index in [9.17, 15) is 13.2 Å². The number of rotatable bonds is 6. The Hall–Kier alpha value is -2.92. The van der Waals surface area contributed by atoms with Gasteiger partial charge in [-0.2, -0.15) is 5.26 Å². The molecule has 1 heterocycles. The Morgan fingerprint density at radius 2 is 1.96 bits per heavy atom. The highest BCUT2D eigenvalue weighted by Crippen LogP contribution is 2.21. The maximum Gasteiger partial charge on any atom is 0.275 e. The minimum atomic E-state index is -4.05. The van der Waals surface area contributed by atoms with Crippen LogP contribution in [-0.2, 0) is 14.8 Å². The van der Waals surface area contributed by atoms with Crippen molar-refractivity contribution in [1.82, 2.24) is 9.71 Å². The SMILES string of the molecule is CC(C)[C@@H](Oc1ccccc1C#N)C(=O)NS(=O)(=O)c1cccnc1. The van der Waals surface area contributed by atoms with Crippen LogP contribution >= 0.6 is 0 Å². The molecule has 0 bridgehead atoms. The Bertz CT molecular complexity index is 890. The zero-order chi connectivity index (χ0) is 18.4. The molecule has 1 atom stereocenters. The smallest absolute Gasteiger partial charge is 0.275 e. The maximum absolute atomic E-state index is 12.5. The van der Waals surface area contributed by atoms with Crippen molar-refractivity contribution in [3.05, 3.63) is 54.4 Å². The number of nitrogens with one attached hydrogen (secondary N) is 1. The number of nitrogens with zero attached hydrogens (tertiary/aromatic N) is 2. The minimum absolute atomic E-state index is 0.122. The maximum atomic E-state index is 12.5. The number of carbonyl (C=O) groups is 1. The van der Waals surface area contributed by atoms with Crippen molar-refractivity contribution in [3.8, 4) is 11.8 Å². The molecule has 2 rings (SSSR count). The quantitative estimate of drug-likeness (QED) is 0.843. The number of amides is 1. The lowest BCUT2D eigenvalue weighted by Crippen LogP contribution is -2.44. The van der Waals surface area contributed by atoms with E-state index in [0.717, 1.165) is 6.20 Å². The molecule has 1 amide bonds. The summed E-state index contributed by atoms with van der Waals surface area (Å²) in [6.07, 6.45) is 1.49. The minimum Gasteiger partial charge on any atom is -0.479 e. The van der Waals surface area contributed by atoms with Crippen molar-refractivity contribution < 1.29 is 17.9 Å². The number of benzene rings is 1. The highest BCUT2D eigenvalue weighted by molar-refractivity contribution is 7.90. The van der Waals surface area contributed by atoms with Crippen molar-refractivity contribution in [2.75, 3.05) is 0 Å². The number of hydrogen-bond donors (Lipinski definition) is 1. The number of ether oxygens (including phenoxy) is 1. The molecule has 1 N–H and O–H groups in total. The van der Waals surface area contributed by atoms with E-state index < -0.39 is 22.0 Å². The number of para-hydroxylation sites is 1. The van der Waals surface area contributed by atoms with E-state index in [-0.39, 0.29) is 22.1 Å². The molecule has 130 valence electrons. The summed E-state index contributed by atoms with van der Waals surface area (Å²) in [5.74, 6) is -0.917. The zero-order valence-corrected chi connectivity index (χ0v) is 14.5. The predicted molar refractivity (Wildman–Crippen MR) is 90.0 cm³/mol. The normalized spacial score (nSPS) is 12.2. The third-order valence-corrected chi connectivity index (χ3v) is 4.64. The number of pyridine rings is 1. The lowest BCUT2D eigenvalue weighted by Gasteiger charge is -2.22. The Labute approximate surface area is 146 Å². The molecular weight excluding hydrogens is 342 g/mol. The average molecular weight is 359 g/mol. The Morgan fingerprint density at radius 3 is 2.56 bits per heavy atom. The first-order chi connectivity index (χ1) is 11.8.